The molecule has 0 saturated heterocycles. The van der Waals surface area contributed by atoms with Crippen molar-refractivity contribution in [2.45, 2.75) is 29.7 Å². The Hall–Kier alpha value is -1.17. The van der Waals surface area contributed by atoms with Crippen molar-refractivity contribution in [1.82, 2.24) is 0 Å². The fraction of sp³-hybridized carbons (Fsp3) is 0.364. The first kappa shape index (κ1) is 12.3. The molecule has 0 amide bonds. The zero-order valence-electron chi connectivity index (χ0n) is 8.84. The fourth-order valence-electron chi connectivity index (χ4n) is 1.93. The van der Waals surface area contributed by atoms with Gasteiger partial charge < -0.3 is 5.11 Å². The van der Waals surface area contributed by atoms with Gasteiger partial charge in [0, 0.05) is 10.1 Å². The maximum Gasteiger partial charge on any atom is 0.416 e. The second kappa shape index (κ2) is 3.94. The summed E-state index contributed by atoms with van der Waals surface area (Å²) in [7, 11) is 0. The zero-order chi connectivity index (χ0) is 12.8. The van der Waals surface area contributed by atoms with Crippen molar-refractivity contribution in [3.8, 4) is 0 Å². The number of alkyl halides is 3. The van der Waals surface area contributed by atoms with E-state index < -0.39 is 17.7 Å². The molecule has 0 aromatic heterocycles. The maximum atomic E-state index is 12.7. The van der Waals surface area contributed by atoms with Crippen LogP contribution in [-0.4, -0.2) is 16.3 Å². The molecule has 2 nitrogen and oxygen atoms in total. The number of carboxylic acid groups (broad SMARTS) is 1. The van der Waals surface area contributed by atoms with Crippen LogP contribution < -0.4 is 0 Å². The summed E-state index contributed by atoms with van der Waals surface area (Å²) in [5, 5.41) is 8.91. The van der Waals surface area contributed by atoms with Crippen molar-refractivity contribution in [3.63, 3.8) is 0 Å². The summed E-state index contributed by atoms with van der Waals surface area (Å²) in [6.45, 7) is 1.79. The molecule has 0 bridgehead atoms. The molecule has 1 unspecified atom stereocenters. The SMILES string of the molecule is CC1Cc2c(C(F)(F)F)ccc(C(=O)O)c2S1. The molecule has 0 radical (unpaired) electrons. The molecule has 1 aromatic rings. The van der Waals surface area contributed by atoms with Crippen molar-refractivity contribution < 1.29 is 23.1 Å². The van der Waals surface area contributed by atoms with Gasteiger partial charge in [-0.3, -0.25) is 0 Å². The van der Waals surface area contributed by atoms with Gasteiger partial charge in [-0.1, -0.05) is 6.92 Å². The normalized spacial score (nSPS) is 19.2. The number of rotatable bonds is 1. The van der Waals surface area contributed by atoms with E-state index in [-0.39, 0.29) is 27.7 Å². The fourth-order valence-corrected chi connectivity index (χ4v) is 3.20. The van der Waals surface area contributed by atoms with Crippen LogP contribution >= 0.6 is 11.8 Å². The molecule has 0 spiro atoms. The van der Waals surface area contributed by atoms with Gasteiger partial charge in [0.15, 0.2) is 0 Å². The standard InChI is InChI=1S/C11H9F3O2S/c1-5-4-7-8(11(12,13)14)3-2-6(10(15)16)9(7)17-5/h2-3,5H,4H2,1H3,(H,15,16). The summed E-state index contributed by atoms with van der Waals surface area (Å²) in [5.74, 6) is -1.18. The van der Waals surface area contributed by atoms with E-state index in [1.807, 2.05) is 0 Å². The highest BCUT2D eigenvalue weighted by atomic mass is 32.2. The van der Waals surface area contributed by atoms with Crippen LogP contribution in [0.15, 0.2) is 17.0 Å². The highest BCUT2D eigenvalue weighted by Gasteiger charge is 2.38. The molecule has 1 aliphatic heterocycles. The smallest absolute Gasteiger partial charge is 0.416 e. The van der Waals surface area contributed by atoms with Crippen LogP contribution in [0.1, 0.15) is 28.4 Å². The molecule has 17 heavy (non-hydrogen) atoms. The molecular weight excluding hydrogens is 253 g/mol. The number of hydrogen-bond acceptors (Lipinski definition) is 2. The maximum absolute atomic E-state index is 12.7. The van der Waals surface area contributed by atoms with Gasteiger partial charge in [-0.25, -0.2) is 4.79 Å². The Bertz CT molecular complexity index is 482. The van der Waals surface area contributed by atoms with Gasteiger partial charge in [-0.2, -0.15) is 13.2 Å². The van der Waals surface area contributed by atoms with Crippen molar-refractivity contribution >= 4 is 17.7 Å². The summed E-state index contributed by atoms with van der Waals surface area (Å²) in [6, 6.07) is 1.90. The molecule has 1 aliphatic rings. The Morgan fingerprint density at radius 3 is 2.65 bits per heavy atom. The topological polar surface area (TPSA) is 37.3 Å². The average molecular weight is 262 g/mol. The van der Waals surface area contributed by atoms with Crippen molar-refractivity contribution in [3.05, 3.63) is 28.8 Å². The quantitative estimate of drug-likeness (QED) is 0.842. The monoisotopic (exact) mass is 262 g/mol. The van der Waals surface area contributed by atoms with E-state index in [1.165, 1.54) is 11.8 Å². The van der Waals surface area contributed by atoms with Crippen molar-refractivity contribution in [2.75, 3.05) is 0 Å². The lowest BCUT2D eigenvalue weighted by Gasteiger charge is -2.12. The first-order valence-corrected chi connectivity index (χ1v) is 5.81. The van der Waals surface area contributed by atoms with Gasteiger partial charge in [-0.15, -0.1) is 11.8 Å². The highest BCUT2D eigenvalue weighted by molar-refractivity contribution is 8.00. The first-order valence-electron chi connectivity index (χ1n) is 4.93. The third-order valence-corrected chi connectivity index (χ3v) is 3.88. The van der Waals surface area contributed by atoms with Crippen molar-refractivity contribution in [2.24, 2.45) is 0 Å². The molecule has 1 atom stereocenters. The van der Waals surface area contributed by atoms with Gasteiger partial charge >= 0.3 is 12.1 Å². The predicted molar refractivity (Wildman–Crippen MR) is 57.4 cm³/mol. The average Bonchev–Trinajstić information content (AvgIpc) is 2.54. The first-order chi connectivity index (χ1) is 7.80. The molecule has 92 valence electrons. The van der Waals surface area contributed by atoms with Crippen LogP contribution in [0.25, 0.3) is 0 Å². The molecule has 2 rings (SSSR count). The van der Waals surface area contributed by atoms with Crippen LogP contribution in [0.5, 0.6) is 0 Å². The van der Waals surface area contributed by atoms with E-state index >= 15 is 0 Å². The minimum atomic E-state index is -4.42. The third-order valence-electron chi connectivity index (χ3n) is 2.61. The van der Waals surface area contributed by atoms with Crippen LogP contribution in [0.2, 0.25) is 0 Å². The lowest BCUT2D eigenvalue weighted by molar-refractivity contribution is -0.138. The molecule has 0 saturated carbocycles. The van der Waals surface area contributed by atoms with E-state index in [2.05, 4.69) is 0 Å². The number of carboxylic acids is 1. The number of carbonyl (C=O) groups is 1. The van der Waals surface area contributed by atoms with Crippen molar-refractivity contribution in [1.29, 1.82) is 0 Å². The van der Waals surface area contributed by atoms with Crippen LogP contribution in [0.3, 0.4) is 0 Å². The third kappa shape index (κ3) is 2.13. The molecule has 1 N–H and O–H groups in total. The Balaban J connectivity index is 2.63. The zero-order valence-corrected chi connectivity index (χ0v) is 9.65. The predicted octanol–water partition coefficient (Wildman–Crippen LogP) is 3.44. The summed E-state index contributed by atoms with van der Waals surface area (Å²) in [6.07, 6.45) is -4.16. The molecular formula is C11H9F3O2S. The van der Waals surface area contributed by atoms with Gasteiger partial charge in [0.25, 0.3) is 0 Å². The van der Waals surface area contributed by atoms with Crippen LogP contribution in [0, 0.1) is 0 Å². The number of benzene rings is 1. The van der Waals surface area contributed by atoms with Gasteiger partial charge in [-0.05, 0) is 24.1 Å². The minimum absolute atomic E-state index is 0.0217. The lowest BCUT2D eigenvalue weighted by Crippen LogP contribution is -2.11. The number of fused-ring (bicyclic) bond motifs is 1. The summed E-state index contributed by atoms with van der Waals surface area (Å²) in [4.78, 5) is 11.2. The lowest BCUT2D eigenvalue weighted by atomic mass is 10.00. The second-order valence-corrected chi connectivity index (χ2v) is 5.35. The second-order valence-electron chi connectivity index (χ2n) is 3.90. The van der Waals surface area contributed by atoms with Crippen LogP contribution in [-0.2, 0) is 12.6 Å². The van der Waals surface area contributed by atoms with Gasteiger partial charge in [0.05, 0.1) is 11.1 Å². The number of halogens is 3. The van der Waals surface area contributed by atoms with E-state index in [0.717, 1.165) is 12.1 Å². The number of aromatic carboxylic acids is 1. The van der Waals surface area contributed by atoms with E-state index in [4.69, 9.17) is 5.11 Å². The Morgan fingerprint density at radius 2 is 2.12 bits per heavy atom. The number of hydrogen-bond donors (Lipinski definition) is 1. The molecule has 1 heterocycles. The summed E-state index contributed by atoms with van der Waals surface area (Å²) < 4.78 is 38.2. The molecule has 0 aliphatic carbocycles. The molecule has 1 aromatic carbocycles. The summed E-state index contributed by atoms with van der Waals surface area (Å²) >= 11 is 1.20. The minimum Gasteiger partial charge on any atom is -0.478 e. The molecule has 0 fully saturated rings. The van der Waals surface area contributed by atoms with Gasteiger partial charge in [0.2, 0.25) is 0 Å². The Morgan fingerprint density at radius 1 is 1.47 bits per heavy atom. The molecule has 6 heteroatoms. The van der Waals surface area contributed by atoms with E-state index in [0.29, 0.717) is 0 Å². The van der Waals surface area contributed by atoms with Crippen LogP contribution in [0.4, 0.5) is 13.2 Å². The highest BCUT2D eigenvalue weighted by Crippen LogP contribution is 2.45. The summed E-state index contributed by atoms with van der Waals surface area (Å²) in [5.41, 5.74) is -0.633. The van der Waals surface area contributed by atoms with E-state index in [1.54, 1.807) is 6.92 Å². The number of thioether (sulfide) groups is 1. The van der Waals surface area contributed by atoms with E-state index in [9.17, 15) is 18.0 Å². The Labute approximate surface area is 99.8 Å². The largest absolute Gasteiger partial charge is 0.478 e. The van der Waals surface area contributed by atoms with Gasteiger partial charge in [0.1, 0.15) is 0 Å². The Kier molecular flexibility index (Phi) is 2.85.